The second kappa shape index (κ2) is 5.74. The predicted molar refractivity (Wildman–Crippen MR) is 76.9 cm³/mol. The number of hydrogen-bond acceptors (Lipinski definition) is 5. The molecule has 106 valence electrons. The van der Waals surface area contributed by atoms with Gasteiger partial charge in [0.05, 0.1) is 0 Å². The van der Waals surface area contributed by atoms with Crippen LogP contribution in [0.25, 0.3) is 0 Å². The van der Waals surface area contributed by atoms with Gasteiger partial charge in [0.1, 0.15) is 4.90 Å². The van der Waals surface area contributed by atoms with Crippen LogP contribution in [0.5, 0.6) is 0 Å². The monoisotopic (exact) mass is 348 g/mol. The lowest BCUT2D eigenvalue weighted by Gasteiger charge is -2.29. The molecule has 3 N–H and O–H groups in total. The number of rotatable bonds is 5. The van der Waals surface area contributed by atoms with E-state index in [-0.39, 0.29) is 10.7 Å². The molecule has 2 rings (SSSR count). The molecule has 0 unspecified atom stereocenters. The van der Waals surface area contributed by atoms with E-state index in [9.17, 15) is 8.42 Å². The summed E-state index contributed by atoms with van der Waals surface area (Å²) in [6.45, 7) is 0.541. The molecule has 1 aromatic rings. The van der Waals surface area contributed by atoms with Crippen molar-refractivity contribution in [3.05, 3.63) is 16.7 Å². The highest BCUT2D eigenvalue weighted by Gasteiger charge is 2.29. The number of nitrogen functional groups attached to an aromatic ring is 1. The summed E-state index contributed by atoms with van der Waals surface area (Å²) in [6.07, 6.45) is 4.88. The Kier molecular flexibility index (Phi) is 4.44. The van der Waals surface area contributed by atoms with Crippen LogP contribution in [0.4, 0.5) is 5.82 Å². The maximum atomic E-state index is 12.5. The zero-order valence-corrected chi connectivity index (χ0v) is 13.0. The van der Waals surface area contributed by atoms with Crippen molar-refractivity contribution in [2.75, 3.05) is 19.0 Å². The molecule has 0 atom stereocenters. The number of aromatic nitrogens is 1. The number of anilines is 1. The molecular formula is C11H17BrN4O2S. The number of pyridine rings is 1. The van der Waals surface area contributed by atoms with Gasteiger partial charge in [-0.2, -0.15) is 0 Å². The molecule has 0 bridgehead atoms. The van der Waals surface area contributed by atoms with Crippen LogP contribution in [0.2, 0.25) is 0 Å². The first-order valence-corrected chi connectivity index (χ1v) is 8.27. The van der Waals surface area contributed by atoms with Gasteiger partial charge in [0, 0.05) is 24.3 Å². The molecule has 6 nitrogen and oxygen atoms in total. The minimum atomic E-state index is -3.58. The van der Waals surface area contributed by atoms with Crippen molar-refractivity contribution in [2.24, 2.45) is 11.8 Å². The van der Waals surface area contributed by atoms with Gasteiger partial charge in [0.15, 0.2) is 5.82 Å². The van der Waals surface area contributed by atoms with Gasteiger partial charge in [-0.25, -0.2) is 23.5 Å². The third kappa shape index (κ3) is 3.07. The molecule has 8 heteroatoms. The first kappa shape index (κ1) is 14.7. The predicted octanol–water partition coefficient (Wildman–Crippen LogP) is 1.55. The molecule has 1 fully saturated rings. The lowest BCUT2D eigenvalue weighted by atomic mass is 9.86. The largest absolute Gasteiger partial charge is 0.307 e. The standard InChI is InChI=1S/C11H17BrN4O2S/c1-16(7-8-3-2-4-8)19(17,18)10-5-9(12)6-14-11(10)15-13/h5-6,8H,2-4,7,13H2,1H3,(H,14,15). The summed E-state index contributed by atoms with van der Waals surface area (Å²) in [5.41, 5.74) is 2.33. The van der Waals surface area contributed by atoms with E-state index in [1.165, 1.54) is 23.0 Å². The van der Waals surface area contributed by atoms with Gasteiger partial charge in [-0.15, -0.1) is 0 Å². The van der Waals surface area contributed by atoms with Crippen molar-refractivity contribution >= 4 is 31.8 Å². The van der Waals surface area contributed by atoms with Crippen LogP contribution in [-0.2, 0) is 10.0 Å². The highest BCUT2D eigenvalue weighted by atomic mass is 79.9. The van der Waals surface area contributed by atoms with Crippen molar-refractivity contribution in [1.29, 1.82) is 0 Å². The average molecular weight is 349 g/mol. The maximum Gasteiger partial charge on any atom is 0.246 e. The fraction of sp³-hybridized carbons (Fsp3) is 0.545. The molecule has 0 radical (unpaired) electrons. The minimum absolute atomic E-state index is 0.0891. The number of nitrogens with zero attached hydrogens (tertiary/aromatic N) is 2. The number of nitrogens with two attached hydrogens (primary N) is 1. The summed E-state index contributed by atoms with van der Waals surface area (Å²) in [6, 6.07) is 1.51. The molecule has 1 aromatic heterocycles. The summed E-state index contributed by atoms with van der Waals surface area (Å²) < 4.78 is 27.0. The Morgan fingerprint density at radius 2 is 2.26 bits per heavy atom. The molecular weight excluding hydrogens is 332 g/mol. The van der Waals surface area contributed by atoms with Gasteiger partial charge in [-0.1, -0.05) is 6.42 Å². The van der Waals surface area contributed by atoms with Crippen LogP contribution in [0, 0.1) is 5.92 Å². The molecule has 0 aliphatic heterocycles. The number of hydrazine groups is 1. The number of halogens is 1. The second-order valence-corrected chi connectivity index (χ2v) is 7.66. The fourth-order valence-electron chi connectivity index (χ4n) is 2.03. The zero-order valence-electron chi connectivity index (χ0n) is 10.6. The van der Waals surface area contributed by atoms with Crippen molar-refractivity contribution in [3.63, 3.8) is 0 Å². The average Bonchev–Trinajstić information content (AvgIpc) is 2.33. The van der Waals surface area contributed by atoms with Gasteiger partial charge < -0.3 is 5.43 Å². The Balaban J connectivity index is 2.29. The van der Waals surface area contributed by atoms with Crippen LogP contribution in [0.1, 0.15) is 19.3 Å². The molecule has 0 aromatic carbocycles. The van der Waals surface area contributed by atoms with Crippen molar-refractivity contribution < 1.29 is 8.42 Å². The molecule has 1 aliphatic carbocycles. The van der Waals surface area contributed by atoms with Gasteiger partial charge >= 0.3 is 0 Å². The topological polar surface area (TPSA) is 88.3 Å². The summed E-state index contributed by atoms with van der Waals surface area (Å²) >= 11 is 3.23. The molecule has 0 spiro atoms. The van der Waals surface area contributed by atoms with E-state index < -0.39 is 10.0 Å². The van der Waals surface area contributed by atoms with Crippen molar-refractivity contribution in [1.82, 2.24) is 9.29 Å². The van der Waals surface area contributed by atoms with Crippen LogP contribution in [-0.4, -0.2) is 31.3 Å². The van der Waals surface area contributed by atoms with E-state index in [2.05, 4.69) is 26.3 Å². The summed E-state index contributed by atoms with van der Waals surface area (Å²) in [4.78, 5) is 4.06. The van der Waals surface area contributed by atoms with Gasteiger partial charge in [0.25, 0.3) is 0 Å². The lowest BCUT2D eigenvalue weighted by molar-refractivity contribution is 0.263. The van der Waals surface area contributed by atoms with Crippen LogP contribution < -0.4 is 11.3 Å². The fourth-order valence-corrected chi connectivity index (χ4v) is 3.89. The molecule has 1 saturated carbocycles. The third-order valence-electron chi connectivity index (χ3n) is 3.38. The number of nitrogens with one attached hydrogen (secondary N) is 1. The van der Waals surface area contributed by atoms with E-state index in [0.717, 1.165) is 12.8 Å². The van der Waals surface area contributed by atoms with Crippen molar-refractivity contribution in [3.8, 4) is 0 Å². The number of sulfonamides is 1. The highest BCUT2D eigenvalue weighted by Crippen LogP contribution is 2.30. The summed E-state index contributed by atoms with van der Waals surface area (Å²) in [5.74, 6) is 5.95. The van der Waals surface area contributed by atoms with Gasteiger partial charge in [-0.05, 0) is 40.8 Å². The van der Waals surface area contributed by atoms with E-state index in [0.29, 0.717) is 16.9 Å². The van der Waals surface area contributed by atoms with E-state index in [1.807, 2.05) is 0 Å². The Labute approximate surface area is 121 Å². The number of hydrogen-bond donors (Lipinski definition) is 2. The molecule has 1 heterocycles. The second-order valence-electron chi connectivity index (χ2n) is 4.73. The van der Waals surface area contributed by atoms with E-state index in [1.54, 1.807) is 7.05 Å². The normalized spacial score (nSPS) is 16.4. The van der Waals surface area contributed by atoms with E-state index in [4.69, 9.17) is 5.84 Å². The molecule has 19 heavy (non-hydrogen) atoms. The SMILES string of the molecule is CN(CC1CCC1)S(=O)(=O)c1cc(Br)cnc1NN. The first-order valence-electron chi connectivity index (χ1n) is 6.03. The molecule has 1 aliphatic rings. The van der Waals surface area contributed by atoms with Crippen LogP contribution in [0.15, 0.2) is 21.6 Å². The van der Waals surface area contributed by atoms with E-state index >= 15 is 0 Å². The van der Waals surface area contributed by atoms with Gasteiger partial charge in [0.2, 0.25) is 10.0 Å². The Bertz CT molecular complexity index is 560. The zero-order chi connectivity index (χ0) is 14.0. The highest BCUT2D eigenvalue weighted by molar-refractivity contribution is 9.10. The first-order chi connectivity index (χ1) is 8.95. The Morgan fingerprint density at radius 3 is 2.79 bits per heavy atom. The third-order valence-corrected chi connectivity index (χ3v) is 5.65. The molecule has 0 amide bonds. The lowest BCUT2D eigenvalue weighted by Crippen LogP contribution is -2.35. The Hall–Kier alpha value is -0.700. The summed E-state index contributed by atoms with van der Waals surface area (Å²) in [5, 5.41) is 0. The smallest absolute Gasteiger partial charge is 0.246 e. The minimum Gasteiger partial charge on any atom is -0.307 e. The van der Waals surface area contributed by atoms with Crippen LogP contribution >= 0.6 is 15.9 Å². The Morgan fingerprint density at radius 1 is 1.58 bits per heavy atom. The maximum absolute atomic E-state index is 12.5. The molecule has 0 saturated heterocycles. The quantitative estimate of drug-likeness (QED) is 0.622. The van der Waals surface area contributed by atoms with Crippen LogP contribution in [0.3, 0.4) is 0 Å². The summed E-state index contributed by atoms with van der Waals surface area (Å²) in [7, 11) is -1.99. The van der Waals surface area contributed by atoms with Crippen molar-refractivity contribution in [2.45, 2.75) is 24.2 Å². The van der Waals surface area contributed by atoms with Gasteiger partial charge in [-0.3, -0.25) is 0 Å².